The van der Waals surface area contributed by atoms with E-state index in [4.69, 9.17) is 0 Å². The first-order chi connectivity index (χ1) is 8.16. The Bertz CT molecular complexity index is 529. The van der Waals surface area contributed by atoms with Gasteiger partial charge in [-0.1, -0.05) is 34.1 Å². The normalized spacial score (nSPS) is 10.2. The van der Waals surface area contributed by atoms with Gasteiger partial charge in [-0.25, -0.2) is 0 Å². The lowest BCUT2D eigenvalue weighted by Crippen LogP contribution is -1.99. The summed E-state index contributed by atoms with van der Waals surface area (Å²) in [5.41, 5.74) is 1.60. The van der Waals surface area contributed by atoms with Crippen molar-refractivity contribution in [2.45, 2.75) is 6.54 Å². The van der Waals surface area contributed by atoms with Crippen molar-refractivity contribution in [3.63, 3.8) is 0 Å². The number of anilines is 1. The SMILES string of the molecule is Oc1cccc(CNc2cccc(Br)c2)c1O. The van der Waals surface area contributed by atoms with Gasteiger partial charge in [0, 0.05) is 22.3 Å². The Morgan fingerprint density at radius 3 is 2.59 bits per heavy atom. The highest BCUT2D eigenvalue weighted by Crippen LogP contribution is 2.28. The van der Waals surface area contributed by atoms with Crippen LogP contribution in [0.25, 0.3) is 0 Å². The number of benzene rings is 2. The van der Waals surface area contributed by atoms with E-state index < -0.39 is 0 Å². The van der Waals surface area contributed by atoms with E-state index in [0.29, 0.717) is 12.1 Å². The number of hydrogen-bond acceptors (Lipinski definition) is 3. The summed E-state index contributed by atoms with van der Waals surface area (Å²) in [7, 11) is 0. The summed E-state index contributed by atoms with van der Waals surface area (Å²) in [4.78, 5) is 0. The molecule has 0 unspecified atom stereocenters. The average Bonchev–Trinajstić information content (AvgIpc) is 2.31. The first-order valence-corrected chi connectivity index (χ1v) is 5.95. The van der Waals surface area contributed by atoms with Gasteiger partial charge in [0.05, 0.1) is 0 Å². The zero-order chi connectivity index (χ0) is 12.3. The molecule has 0 bridgehead atoms. The summed E-state index contributed by atoms with van der Waals surface area (Å²) in [5.74, 6) is -0.173. The zero-order valence-electron chi connectivity index (χ0n) is 9.02. The maximum atomic E-state index is 9.63. The highest BCUT2D eigenvalue weighted by Gasteiger charge is 2.05. The zero-order valence-corrected chi connectivity index (χ0v) is 10.6. The molecule has 3 N–H and O–H groups in total. The van der Waals surface area contributed by atoms with Crippen LogP contribution in [0.1, 0.15) is 5.56 Å². The van der Waals surface area contributed by atoms with E-state index in [1.54, 1.807) is 12.1 Å². The van der Waals surface area contributed by atoms with Gasteiger partial charge in [-0.05, 0) is 24.3 Å². The molecular formula is C13H12BrNO2. The Hall–Kier alpha value is -1.68. The number of hydrogen-bond donors (Lipinski definition) is 3. The molecule has 0 aliphatic rings. The molecule has 0 radical (unpaired) electrons. The molecule has 0 heterocycles. The van der Waals surface area contributed by atoms with E-state index >= 15 is 0 Å². The van der Waals surface area contributed by atoms with Crippen LogP contribution < -0.4 is 5.32 Å². The second-order valence-corrected chi connectivity index (χ2v) is 4.56. The Morgan fingerprint density at radius 1 is 1.06 bits per heavy atom. The van der Waals surface area contributed by atoms with E-state index in [1.165, 1.54) is 6.07 Å². The number of aromatic hydroxyl groups is 2. The van der Waals surface area contributed by atoms with Gasteiger partial charge in [0.15, 0.2) is 11.5 Å². The number of para-hydroxylation sites is 1. The van der Waals surface area contributed by atoms with E-state index in [1.807, 2.05) is 24.3 Å². The van der Waals surface area contributed by atoms with Crippen LogP contribution in [0.2, 0.25) is 0 Å². The average molecular weight is 294 g/mol. The molecule has 0 atom stereocenters. The number of phenols is 2. The lowest BCUT2D eigenvalue weighted by atomic mass is 10.2. The second kappa shape index (κ2) is 5.10. The summed E-state index contributed by atoms with van der Waals surface area (Å²) < 4.78 is 0.989. The van der Waals surface area contributed by atoms with Crippen molar-refractivity contribution in [1.82, 2.24) is 0 Å². The third kappa shape index (κ3) is 2.91. The Kier molecular flexibility index (Phi) is 3.54. The molecule has 0 fully saturated rings. The van der Waals surface area contributed by atoms with Gasteiger partial charge in [0.1, 0.15) is 0 Å². The third-order valence-corrected chi connectivity index (χ3v) is 2.90. The van der Waals surface area contributed by atoms with E-state index in [9.17, 15) is 10.2 Å². The smallest absolute Gasteiger partial charge is 0.162 e. The van der Waals surface area contributed by atoms with E-state index in [2.05, 4.69) is 21.2 Å². The highest BCUT2D eigenvalue weighted by molar-refractivity contribution is 9.10. The van der Waals surface area contributed by atoms with Crippen LogP contribution in [0.15, 0.2) is 46.9 Å². The third-order valence-electron chi connectivity index (χ3n) is 2.41. The molecule has 0 spiro atoms. The number of rotatable bonds is 3. The van der Waals surface area contributed by atoms with Gasteiger partial charge in [0.25, 0.3) is 0 Å². The Morgan fingerprint density at radius 2 is 1.82 bits per heavy atom. The van der Waals surface area contributed by atoms with Crippen LogP contribution in [-0.2, 0) is 6.54 Å². The van der Waals surface area contributed by atoms with Gasteiger partial charge in [-0.3, -0.25) is 0 Å². The largest absolute Gasteiger partial charge is 0.504 e. The maximum Gasteiger partial charge on any atom is 0.162 e. The van der Waals surface area contributed by atoms with Crippen LogP contribution in [-0.4, -0.2) is 10.2 Å². The van der Waals surface area contributed by atoms with Crippen molar-refractivity contribution >= 4 is 21.6 Å². The second-order valence-electron chi connectivity index (χ2n) is 3.65. The molecular weight excluding hydrogens is 282 g/mol. The summed E-state index contributed by atoms with van der Waals surface area (Å²) in [6.07, 6.45) is 0. The van der Waals surface area contributed by atoms with Crippen molar-refractivity contribution in [2.75, 3.05) is 5.32 Å². The first kappa shape index (κ1) is 11.8. The van der Waals surface area contributed by atoms with E-state index in [-0.39, 0.29) is 11.5 Å². The predicted molar refractivity (Wildman–Crippen MR) is 71.2 cm³/mol. The Labute approximate surface area is 108 Å². The molecule has 0 saturated carbocycles. The fourth-order valence-corrected chi connectivity index (χ4v) is 1.92. The number of phenolic OH excluding ortho intramolecular Hbond substituents is 2. The fraction of sp³-hybridized carbons (Fsp3) is 0.0769. The van der Waals surface area contributed by atoms with Crippen LogP contribution in [0.4, 0.5) is 5.69 Å². The number of nitrogens with one attached hydrogen (secondary N) is 1. The molecule has 0 aliphatic carbocycles. The molecule has 3 nitrogen and oxygen atoms in total. The van der Waals surface area contributed by atoms with Crippen molar-refractivity contribution in [2.24, 2.45) is 0 Å². The molecule has 2 aromatic rings. The molecule has 0 aliphatic heterocycles. The predicted octanol–water partition coefficient (Wildman–Crippen LogP) is 3.47. The first-order valence-electron chi connectivity index (χ1n) is 5.16. The standard InChI is InChI=1S/C13H12BrNO2/c14-10-4-2-5-11(7-10)15-8-9-3-1-6-12(16)13(9)17/h1-7,15-17H,8H2. The van der Waals surface area contributed by atoms with Crippen LogP contribution in [0.5, 0.6) is 11.5 Å². The van der Waals surface area contributed by atoms with Crippen molar-refractivity contribution < 1.29 is 10.2 Å². The summed E-state index contributed by atoms with van der Waals surface area (Å²) in [5, 5.41) is 22.2. The quantitative estimate of drug-likeness (QED) is 0.760. The van der Waals surface area contributed by atoms with Crippen molar-refractivity contribution in [3.05, 3.63) is 52.5 Å². The van der Waals surface area contributed by atoms with Gasteiger partial charge >= 0.3 is 0 Å². The maximum absolute atomic E-state index is 9.63. The molecule has 0 amide bonds. The molecule has 0 aromatic heterocycles. The van der Waals surface area contributed by atoms with Gasteiger partial charge in [-0.2, -0.15) is 0 Å². The highest BCUT2D eigenvalue weighted by atomic mass is 79.9. The van der Waals surface area contributed by atoms with Crippen LogP contribution >= 0.6 is 15.9 Å². The van der Waals surface area contributed by atoms with Crippen molar-refractivity contribution in [1.29, 1.82) is 0 Å². The molecule has 4 heteroatoms. The lowest BCUT2D eigenvalue weighted by molar-refractivity contribution is 0.400. The molecule has 88 valence electrons. The monoisotopic (exact) mass is 293 g/mol. The van der Waals surface area contributed by atoms with Gasteiger partial charge < -0.3 is 15.5 Å². The number of halogens is 1. The van der Waals surface area contributed by atoms with Crippen LogP contribution in [0.3, 0.4) is 0 Å². The minimum atomic E-state index is -0.0986. The molecule has 2 rings (SSSR count). The van der Waals surface area contributed by atoms with E-state index in [0.717, 1.165) is 10.2 Å². The van der Waals surface area contributed by atoms with Crippen LogP contribution in [0, 0.1) is 0 Å². The summed E-state index contributed by atoms with van der Waals surface area (Å²) >= 11 is 3.39. The Balaban J connectivity index is 2.10. The summed E-state index contributed by atoms with van der Waals surface area (Å²) in [6, 6.07) is 12.7. The minimum absolute atomic E-state index is 0.0741. The fourth-order valence-electron chi connectivity index (χ4n) is 1.52. The minimum Gasteiger partial charge on any atom is -0.504 e. The molecule has 2 aromatic carbocycles. The molecule has 0 saturated heterocycles. The van der Waals surface area contributed by atoms with Gasteiger partial charge in [-0.15, -0.1) is 0 Å². The topological polar surface area (TPSA) is 52.5 Å². The molecule has 17 heavy (non-hydrogen) atoms. The van der Waals surface area contributed by atoms with Gasteiger partial charge in [0.2, 0.25) is 0 Å². The van der Waals surface area contributed by atoms with Crippen molar-refractivity contribution in [3.8, 4) is 11.5 Å². The summed E-state index contributed by atoms with van der Waals surface area (Å²) in [6.45, 7) is 0.455. The lowest BCUT2D eigenvalue weighted by Gasteiger charge is -2.09.